The molecule has 0 saturated carbocycles. The second-order valence-corrected chi connectivity index (χ2v) is 7.55. The Bertz CT molecular complexity index is 1350. The van der Waals surface area contributed by atoms with Gasteiger partial charge in [0.05, 0.1) is 23.1 Å². The molecule has 3 aromatic carbocycles. The van der Waals surface area contributed by atoms with Crippen molar-refractivity contribution in [2.45, 2.75) is 13.8 Å². The Hall–Kier alpha value is -3.57. The zero-order valence-electron chi connectivity index (χ0n) is 17.2. The van der Waals surface area contributed by atoms with Gasteiger partial charge >= 0.3 is 5.97 Å². The largest absolute Gasteiger partial charge is 0.497 e. The molecular weight excluding hydrogens is 416 g/mol. The molecule has 0 fully saturated rings. The van der Waals surface area contributed by atoms with Crippen molar-refractivity contribution in [1.29, 1.82) is 0 Å². The number of fused-ring (bicyclic) bond motifs is 1. The maximum Gasteiger partial charge on any atom is 0.343 e. The Morgan fingerprint density at radius 3 is 2.39 bits per heavy atom. The van der Waals surface area contributed by atoms with E-state index in [2.05, 4.69) is 0 Å². The summed E-state index contributed by atoms with van der Waals surface area (Å²) in [6, 6.07) is 17.0. The molecule has 0 N–H and O–H groups in total. The van der Waals surface area contributed by atoms with Crippen molar-refractivity contribution >= 4 is 28.5 Å². The van der Waals surface area contributed by atoms with Crippen molar-refractivity contribution in [2.24, 2.45) is 0 Å². The minimum absolute atomic E-state index is 0.106. The topological polar surface area (TPSA) is 65.7 Å². The smallest absolute Gasteiger partial charge is 0.343 e. The normalized spacial score (nSPS) is 10.8. The molecule has 156 valence electrons. The molecule has 4 aromatic rings. The summed E-state index contributed by atoms with van der Waals surface area (Å²) in [5.74, 6) is -0.180. The highest BCUT2D eigenvalue weighted by Crippen LogP contribution is 2.36. The highest BCUT2D eigenvalue weighted by molar-refractivity contribution is 6.33. The maximum atomic E-state index is 13.4. The molecule has 0 unspecified atom stereocenters. The first-order valence-corrected chi connectivity index (χ1v) is 9.96. The number of rotatable bonds is 4. The van der Waals surface area contributed by atoms with Crippen molar-refractivity contribution in [1.82, 2.24) is 0 Å². The van der Waals surface area contributed by atoms with Gasteiger partial charge in [-0.1, -0.05) is 29.8 Å². The van der Waals surface area contributed by atoms with Crippen LogP contribution < -0.4 is 14.9 Å². The number of aryl methyl sites for hydroxylation is 2. The van der Waals surface area contributed by atoms with Crippen molar-refractivity contribution in [3.8, 4) is 22.8 Å². The molecule has 0 saturated heterocycles. The lowest BCUT2D eigenvalue weighted by Crippen LogP contribution is -2.17. The maximum absolute atomic E-state index is 13.4. The van der Waals surface area contributed by atoms with E-state index in [0.717, 1.165) is 11.1 Å². The van der Waals surface area contributed by atoms with Gasteiger partial charge in [-0.15, -0.1) is 0 Å². The fourth-order valence-electron chi connectivity index (χ4n) is 3.47. The third-order valence-electron chi connectivity index (χ3n) is 4.93. The van der Waals surface area contributed by atoms with E-state index in [-0.39, 0.29) is 17.1 Å². The third-order valence-corrected chi connectivity index (χ3v) is 5.26. The van der Waals surface area contributed by atoms with E-state index >= 15 is 0 Å². The van der Waals surface area contributed by atoms with Crippen molar-refractivity contribution in [3.63, 3.8) is 0 Å². The molecule has 4 rings (SSSR count). The van der Waals surface area contributed by atoms with E-state index in [0.29, 0.717) is 27.3 Å². The zero-order valence-corrected chi connectivity index (χ0v) is 17.9. The molecule has 1 aromatic heterocycles. The summed E-state index contributed by atoms with van der Waals surface area (Å²) < 4.78 is 16.8. The molecule has 0 aliphatic carbocycles. The third kappa shape index (κ3) is 3.92. The van der Waals surface area contributed by atoms with Crippen LogP contribution in [-0.2, 0) is 0 Å². The van der Waals surface area contributed by atoms with Crippen LogP contribution in [0.3, 0.4) is 0 Å². The number of benzene rings is 3. The minimum atomic E-state index is -0.688. The quantitative estimate of drug-likeness (QED) is 0.371. The summed E-state index contributed by atoms with van der Waals surface area (Å²) >= 11 is 6.37. The second-order valence-electron chi connectivity index (χ2n) is 7.14. The van der Waals surface area contributed by atoms with Crippen LogP contribution in [0.15, 0.2) is 69.9 Å². The lowest BCUT2D eigenvalue weighted by atomic mass is 10.0. The van der Waals surface area contributed by atoms with Gasteiger partial charge in [0, 0.05) is 5.56 Å². The molecule has 0 aliphatic heterocycles. The van der Waals surface area contributed by atoms with Crippen LogP contribution in [0.2, 0.25) is 5.02 Å². The summed E-state index contributed by atoms with van der Waals surface area (Å²) in [6.07, 6.45) is 0. The molecule has 0 spiro atoms. The molecule has 0 bridgehead atoms. The van der Waals surface area contributed by atoms with E-state index in [9.17, 15) is 9.59 Å². The number of esters is 1. The Kier molecular flexibility index (Phi) is 5.53. The molecule has 0 aliphatic rings. The number of carbonyl (C=O) groups excluding carboxylic acids is 1. The lowest BCUT2D eigenvalue weighted by molar-refractivity contribution is 0.0731. The molecule has 0 radical (unpaired) electrons. The lowest BCUT2D eigenvalue weighted by Gasteiger charge is -2.13. The van der Waals surface area contributed by atoms with E-state index in [1.165, 1.54) is 7.11 Å². The van der Waals surface area contributed by atoms with E-state index in [1.807, 2.05) is 19.9 Å². The van der Waals surface area contributed by atoms with Gasteiger partial charge in [0.25, 0.3) is 0 Å². The Morgan fingerprint density at radius 1 is 1.00 bits per heavy atom. The number of ether oxygens (including phenoxy) is 2. The SMILES string of the molecule is COc1ccc(C(=O)Oc2c(-c3ccccc3Cl)oc3cc(C)cc(C)c3c2=O)cc1. The predicted molar refractivity (Wildman–Crippen MR) is 120 cm³/mol. The summed E-state index contributed by atoms with van der Waals surface area (Å²) in [5, 5.41) is 0.732. The average molecular weight is 435 g/mol. The molecular formula is C25H19ClO5. The fourth-order valence-corrected chi connectivity index (χ4v) is 3.69. The van der Waals surface area contributed by atoms with Gasteiger partial charge in [-0.25, -0.2) is 4.79 Å². The summed E-state index contributed by atoms with van der Waals surface area (Å²) in [5.41, 5.74) is 2.38. The minimum Gasteiger partial charge on any atom is -0.497 e. The van der Waals surface area contributed by atoms with Crippen LogP contribution in [0.1, 0.15) is 21.5 Å². The Labute approximate surface area is 183 Å². The molecule has 1 heterocycles. The number of hydrogen-bond donors (Lipinski definition) is 0. The van der Waals surface area contributed by atoms with Crippen LogP contribution in [0.5, 0.6) is 11.5 Å². The van der Waals surface area contributed by atoms with Gasteiger partial charge in [-0.05, 0) is 67.4 Å². The Morgan fingerprint density at radius 2 is 1.71 bits per heavy atom. The average Bonchev–Trinajstić information content (AvgIpc) is 2.75. The van der Waals surface area contributed by atoms with Gasteiger partial charge in [0.1, 0.15) is 11.3 Å². The van der Waals surface area contributed by atoms with Gasteiger partial charge in [-0.3, -0.25) is 4.79 Å². The first kappa shape index (κ1) is 20.7. The highest BCUT2D eigenvalue weighted by Gasteiger charge is 2.23. The van der Waals surface area contributed by atoms with Gasteiger partial charge in [-0.2, -0.15) is 0 Å². The number of hydrogen-bond acceptors (Lipinski definition) is 5. The molecule has 0 atom stereocenters. The molecule has 31 heavy (non-hydrogen) atoms. The number of halogens is 1. The first-order valence-electron chi connectivity index (χ1n) is 9.58. The van der Waals surface area contributed by atoms with E-state index in [1.54, 1.807) is 54.6 Å². The summed E-state index contributed by atoms with van der Waals surface area (Å²) in [6.45, 7) is 3.73. The summed E-state index contributed by atoms with van der Waals surface area (Å²) in [4.78, 5) is 26.3. The van der Waals surface area contributed by atoms with Gasteiger partial charge in [0.2, 0.25) is 11.2 Å². The molecule has 6 heteroatoms. The Balaban J connectivity index is 1.92. The van der Waals surface area contributed by atoms with E-state index < -0.39 is 11.4 Å². The van der Waals surface area contributed by atoms with Gasteiger partial charge < -0.3 is 13.9 Å². The number of carbonyl (C=O) groups is 1. The first-order chi connectivity index (χ1) is 14.9. The van der Waals surface area contributed by atoms with Crippen LogP contribution in [0.25, 0.3) is 22.3 Å². The van der Waals surface area contributed by atoms with Gasteiger partial charge in [0.15, 0.2) is 5.76 Å². The number of methoxy groups -OCH3 is 1. The monoisotopic (exact) mass is 434 g/mol. The van der Waals surface area contributed by atoms with Crippen LogP contribution in [0.4, 0.5) is 0 Å². The van der Waals surface area contributed by atoms with Crippen molar-refractivity contribution in [3.05, 3.63) is 92.6 Å². The zero-order chi connectivity index (χ0) is 22.1. The van der Waals surface area contributed by atoms with Crippen LogP contribution in [-0.4, -0.2) is 13.1 Å². The second kappa shape index (κ2) is 8.28. The summed E-state index contributed by atoms with van der Waals surface area (Å²) in [7, 11) is 1.54. The predicted octanol–water partition coefficient (Wildman–Crippen LogP) is 5.96. The molecule has 5 nitrogen and oxygen atoms in total. The standard InChI is InChI=1S/C25H19ClO5/c1-14-12-15(2)21-20(13-14)30-23(18-6-4-5-7-19(18)26)24(22(21)27)31-25(28)16-8-10-17(29-3)11-9-16/h4-13H,1-3H3. The van der Waals surface area contributed by atoms with E-state index in [4.69, 9.17) is 25.5 Å². The van der Waals surface area contributed by atoms with Crippen molar-refractivity contribution < 1.29 is 18.7 Å². The molecule has 0 amide bonds. The van der Waals surface area contributed by atoms with Crippen LogP contribution >= 0.6 is 11.6 Å². The fraction of sp³-hybridized carbons (Fsp3) is 0.120. The van der Waals surface area contributed by atoms with Crippen molar-refractivity contribution in [2.75, 3.05) is 7.11 Å². The highest BCUT2D eigenvalue weighted by atomic mass is 35.5. The van der Waals surface area contributed by atoms with Crippen LogP contribution in [0, 0.1) is 13.8 Å².